The highest BCUT2D eigenvalue weighted by Gasteiger charge is 2.29. The van der Waals surface area contributed by atoms with Crippen molar-refractivity contribution in [2.75, 3.05) is 13.7 Å². The first kappa shape index (κ1) is 24.2. The van der Waals surface area contributed by atoms with Crippen LogP contribution in [-0.4, -0.2) is 42.5 Å². The molecule has 0 saturated carbocycles. The molecular weight excluding hydrogens is 399 g/mol. The van der Waals surface area contributed by atoms with Crippen LogP contribution in [0.25, 0.3) is 0 Å². The molecule has 1 N–H and O–H groups in total. The molecular formula is C24H31FN2O4. The molecule has 0 radical (unpaired) electrons. The first-order chi connectivity index (χ1) is 14.9. The molecule has 0 aromatic heterocycles. The molecule has 2 aromatic carbocycles. The third-order valence-electron chi connectivity index (χ3n) is 5.05. The number of hydrogen-bond donors (Lipinski definition) is 1. The maximum Gasteiger partial charge on any atom is 0.261 e. The lowest BCUT2D eigenvalue weighted by atomic mass is 10.1. The minimum atomic E-state index is -0.649. The average molecular weight is 431 g/mol. The Labute approximate surface area is 183 Å². The van der Waals surface area contributed by atoms with E-state index in [1.54, 1.807) is 7.11 Å². The highest BCUT2D eigenvalue weighted by molar-refractivity contribution is 5.88. The summed E-state index contributed by atoms with van der Waals surface area (Å²) in [6.07, 6.45) is 1.24. The molecule has 2 amide bonds. The number of amides is 2. The Morgan fingerprint density at radius 3 is 2.39 bits per heavy atom. The first-order valence-corrected chi connectivity index (χ1v) is 10.5. The molecule has 0 heterocycles. The van der Waals surface area contributed by atoms with Gasteiger partial charge in [-0.05, 0) is 61.7 Å². The number of nitrogens with zero attached hydrogens (tertiary/aromatic N) is 1. The molecule has 7 heteroatoms. The van der Waals surface area contributed by atoms with Gasteiger partial charge in [-0.3, -0.25) is 9.59 Å². The molecule has 2 aromatic rings. The van der Waals surface area contributed by atoms with Crippen molar-refractivity contribution in [1.29, 1.82) is 0 Å². The van der Waals surface area contributed by atoms with Crippen molar-refractivity contribution in [3.05, 3.63) is 59.9 Å². The zero-order valence-corrected chi connectivity index (χ0v) is 18.6. The van der Waals surface area contributed by atoms with Gasteiger partial charge in [0.2, 0.25) is 5.91 Å². The van der Waals surface area contributed by atoms with Gasteiger partial charge >= 0.3 is 0 Å². The predicted octanol–water partition coefficient (Wildman–Crippen LogP) is 3.94. The molecule has 0 aliphatic heterocycles. The zero-order chi connectivity index (χ0) is 22.8. The summed E-state index contributed by atoms with van der Waals surface area (Å²) in [5, 5.41) is 2.96. The van der Waals surface area contributed by atoms with E-state index in [1.807, 2.05) is 45.0 Å². The minimum Gasteiger partial charge on any atom is -0.497 e. The molecule has 6 nitrogen and oxygen atoms in total. The lowest BCUT2D eigenvalue weighted by Crippen LogP contribution is -2.51. The number of benzene rings is 2. The van der Waals surface area contributed by atoms with Gasteiger partial charge in [0.05, 0.1) is 7.11 Å². The molecule has 31 heavy (non-hydrogen) atoms. The number of carbonyl (C=O) groups is 2. The van der Waals surface area contributed by atoms with E-state index in [0.29, 0.717) is 17.9 Å². The lowest BCUT2D eigenvalue weighted by molar-refractivity contribution is -0.143. The minimum absolute atomic E-state index is 0.00536. The Hall–Kier alpha value is -3.09. The fraction of sp³-hybridized carbons (Fsp3) is 0.417. The second-order valence-electron chi connectivity index (χ2n) is 7.36. The van der Waals surface area contributed by atoms with Gasteiger partial charge in [0, 0.05) is 12.6 Å². The van der Waals surface area contributed by atoms with Gasteiger partial charge in [-0.15, -0.1) is 0 Å². The van der Waals surface area contributed by atoms with E-state index in [9.17, 15) is 14.0 Å². The van der Waals surface area contributed by atoms with Gasteiger partial charge in [-0.2, -0.15) is 0 Å². The van der Waals surface area contributed by atoms with Crippen LogP contribution in [-0.2, 0) is 16.1 Å². The first-order valence-electron chi connectivity index (χ1n) is 10.5. The fourth-order valence-corrected chi connectivity index (χ4v) is 3.09. The Kier molecular flexibility index (Phi) is 9.31. The van der Waals surface area contributed by atoms with E-state index in [-0.39, 0.29) is 36.8 Å². The van der Waals surface area contributed by atoms with Crippen LogP contribution < -0.4 is 14.8 Å². The van der Waals surface area contributed by atoms with Gasteiger partial charge in [0.1, 0.15) is 23.4 Å². The number of hydrogen-bond acceptors (Lipinski definition) is 4. The maximum atomic E-state index is 13.1. The molecule has 0 saturated heterocycles. The standard InChI is InChI=1S/C24H31FN2O4/c1-5-17(3)26-24(29)22(6-2)27(15-18-8-7-9-21(14-18)30-4)23(28)16-31-20-12-10-19(25)11-13-20/h7-14,17,22H,5-6,15-16H2,1-4H3,(H,26,29)/t17-,22+/m0/s1. The molecule has 0 unspecified atom stereocenters. The third-order valence-corrected chi connectivity index (χ3v) is 5.05. The van der Waals surface area contributed by atoms with Crippen molar-refractivity contribution in [1.82, 2.24) is 10.2 Å². The molecule has 0 fully saturated rings. The van der Waals surface area contributed by atoms with Crippen LogP contribution in [0.5, 0.6) is 11.5 Å². The van der Waals surface area contributed by atoms with E-state index in [4.69, 9.17) is 9.47 Å². The van der Waals surface area contributed by atoms with E-state index < -0.39 is 6.04 Å². The lowest BCUT2D eigenvalue weighted by Gasteiger charge is -2.31. The van der Waals surface area contributed by atoms with Crippen LogP contribution in [0.15, 0.2) is 48.5 Å². The monoisotopic (exact) mass is 430 g/mol. The van der Waals surface area contributed by atoms with E-state index in [2.05, 4.69) is 5.32 Å². The second kappa shape index (κ2) is 11.9. The summed E-state index contributed by atoms with van der Waals surface area (Å²) in [6.45, 7) is 5.75. The zero-order valence-electron chi connectivity index (χ0n) is 18.6. The Balaban J connectivity index is 2.22. The van der Waals surface area contributed by atoms with E-state index >= 15 is 0 Å². The summed E-state index contributed by atoms with van der Waals surface area (Å²) in [6, 6.07) is 12.2. The van der Waals surface area contributed by atoms with Crippen LogP contribution in [0.2, 0.25) is 0 Å². The van der Waals surface area contributed by atoms with Crippen LogP contribution in [0.4, 0.5) is 4.39 Å². The molecule has 168 valence electrons. The predicted molar refractivity (Wildman–Crippen MR) is 117 cm³/mol. The summed E-state index contributed by atoms with van der Waals surface area (Å²) in [5.74, 6) is 0.136. The second-order valence-corrected chi connectivity index (χ2v) is 7.36. The highest BCUT2D eigenvalue weighted by Crippen LogP contribution is 2.18. The normalized spacial score (nSPS) is 12.5. The molecule has 0 aliphatic rings. The maximum absolute atomic E-state index is 13.1. The molecule has 0 aliphatic carbocycles. The average Bonchev–Trinajstić information content (AvgIpc) is 2.78. The van der Waals surface area contributed by atoms with Crippen molar-refractivity contribution < 1.29 is 23.5 Å². The summed E-state index contributed by atoms with van der Waals surface area (Å²) in [5.41, 5.74) is 0.837. The number of methoxy groups -OCH3 is 1. The third kappa shape index (κ3) is 7.27. The van der Waals surface area contributed by atoms with Crippen LogP contribution in [0, 0.1) is 5.82 Å². The Morgan fingerprint density at radius 2 is 1.77 bits per heavy atom. The summed E-state index contributed by atoms with van der Waals surface area (Å²) in [4.78, 5) is 27.5. The van der Waals surface area contributed by atoms with Gasteiger partial charge in [0.15, 0.2) is 6.61 Å². The van der Waals surface area contributed by atoms with Crippen LogP contribution in [0.3, 0.4) is 0 Å². The number of ether oxygens (including phenoxy) is 2. The number of nitrogens with one attached hydrogen (secondary N) is 1. The van der Waals surface area contributed by atoms with E-state index in [0.717, 1.165) is 12.0 Å². The van der Waals surface area contributed by atoms with Gasteiger partial charge in [0.25, 0.3) is 5.91 Å². The molecule has 2 rings (SSSR count). The summed E-state index contributed by atoms with van der Waals surface area (Å²) in [7, 11) is 1.58. The van der Waals surface area contributed by atoms with Crippen molar-refractivity contribution in [2.24, 2.45) is 0 Å². The number of rotatable bonds is 11. The fourth-order valence-electron chi connectivity index (χ4n) is 3.09. The highest BCUT2D eigenvalue weighted by atomic mass is 19.1. The summed E-state index contributed by atoms with van der Waals surface area (Å²) < 4.78 is 23.9. The number of halogens is 1. The molecule has 0 spiro atoms. The van der Waals surface area contributed by atoms with Crippen LogP contribution >= 0.6 is 0 Å². The van der Waals surface area contributed by atoms with Crippen LogP contribution in [0.1, 0.15) is 39.2 Å². The largest absolute Gasteiger partial charge is 0.497 e. The van der Waals surface area contributed by atoms with E-state index in [1.165, 1.54) is 29.2 Å². The summed E-state index contributed by atoms with van der Waals surface area (Å²) >= 11 is 0. The quantitative estimate of drug-likeness (QED) is 0.586. The molecule has 2 atom stereocenters. The Morgan fingerprint density at radius 1 is 1.06 bits per heavy atom. The Bertz CT molecular complexity index is 857. The SMILES string of the molecule is CC[C@H](C(=O)N[C@@H](C)CC)N(Cc1cccc(OC)c1)C(=O)COc1ccc(F)cc1. The van der Waals surface area contributed by atoms with Gasteiger partial charge in [-0.1, -0.05) is 26.0 Å². The van der Waals surface area contributed by atoms with Crippen molar-refractivity contribution >= 4 is 11.8 Å². The van der Waals surface area contributed by atoms with Crippen molar-refractivity contribution in [3.63, 3.8) is 0 Å². The van der Waals surface area contributed by atoms with Crippen molar-refractivity contribution in [2.45, 2.75) is 52.2 Å². The smallest absolute Gasteiger partial charge is 0.261 e. The van der Waals surface area contributed by atoms with Crippen molar-refractivity contribution in [3.8, 4) is 11.5 Å². The number of carbonyl (C=O) groups excluding carboxylic acids is 2. The van der Waals surface area contributed by atoms with Gasteiger partial charge < -0.3 is 19.7 Å². The topological polar surface area (TPSA) is 67.9 Å². The molecule has 0 bridgehead atoms. The van der Waals surface area contributed by atoms with Gasteiger partial charge in [-0.25, -0.2) is 4.39 Å².